The average molecular weight is 242 g/mol. The standard InChI is InChI=1S/C14H30N2O/c1-4-14-11-17-13(3)10-16(14)9-5-6-12(2)7-8-15/h12-14H,4-11,15H2,1-3H3. The molecule has 3 heteroatoms. The number of hydrogen-bond acceptors (Lipinski definition) is 3. The van der Waals surface area contributed by atoms with Crippen LogP contribution in [-0.4, -0.2) is 43.3 Å². The Kier molecular flexibility index (Phi) is 7.09. The molecule has 0 amide bonds. The summed E-state index contributed by atoms with van der Waals surface area (Å²) in [6.45, 7) is 10.8. The SMILES string of the molecule is CCC1COC(C)CN1CCCC(C)CCN. The molecular formula is C14H30N2O. The second-order valence-electron chi connectivity index (χ2n) is 5.53. The third-order valence-corrected chi connectivity index (χ3v) is 3.85. The summed E-state index contributed by atoms with van der Waals surface area (Å²) in [4.78, 5) is 2.61. The van der Waals surface area contributed by atoms with Crippen LogP contribution in [0.2, 0.25) is 0 Å². The molecule has 0 aromatic rings. The normalized spacial score (nSPS) is 28.2. The van der Waals surface area contributed by atoms with Gasteiger partial charge in [0, 0.05) is 12.6 Å². The van der Waals surface area contributed by atoms with Crippen LogP contribution in [-0.2, 0) is 4.74 Å². The molecule has 0 spiro atoms. The Morgan fingerprint density at radius 3 is 2.82 bits per heavy atom. The van der Waals surface area contributed by atoms with E-state index >= 15 is 0 Å². The lowest BCUT2D eigenvalue weighted by Crippen LogP contribution is -2.48. The predicted octanol–water partition coefficient (Wildman–Crippen LogP) is 2.25. The van der Waals surface area contributed by atoms with Crippen molar-refractivity contribution in [3.05, 3.63) is 0 Å². The fourth-order valence-corrected chi connectivity index (χ4v) is 2.63. The molecule has 1 rings (SSSR count). The van der Waals surface area contributed by atoms with Crippen LogP contribution in [0.15, 0.2) is 0 Å². The van der Waals surface area contributed by atoms with E-state index in [1.807, 2.05) is 0 Å². The van der Waals surface area contributed by atoms with Crippen molar-refractivity contribution in [2.75, 3.05) is 26.2 Å². The van der Waals surface area contributed by atoms with Crippen LogP contribution in [0.1, 0.15) is 46.5 Å². The molecule has 3 nitrogen and oxygen atoms in total. The Morgan fingerprint density at radius 2 is 2.18 bits per heavy atom. The highest BCUT2D eigenvalue weighted by Gasteiger charge is 2.24. The largest absolute Gasteiger partial charge is 0.376 e. The summed E-state index contributed by atoms with van der Waals surface area (Å²) < 4.78 is 5.72. The number of morpholine rings is 1. The van der Waals surface area contributed by atoms with Crippen LogP contribution >= 0.6 is 0 Å². The summed E-state index contributed by atoms with van der Waals surface area (Å²) in [6, 6.07) is 0.635. The first-order chi connectivity index (χ1) is 8.17. The Balaban J connectivity index is 2.23. The predicted molar refractivity (Wildman–Crippen MR) is 73.1 cm³/mol. The minimum Gasteiger partial charge on any atom is -0.376 e. The quantitative estimate of drug-likeness (QED) is 0.744. The third-order valence-electron chi connectivity index (χ3n) is 3.85. The van der Waals surface area contributed by atoms with E-state index in [4.69, 9.17) is 10.5 Å². The van der Waals surface area contributed by atoms with Crippen molar-refractivity contribution in [1.82, 2.24) is 4.90 Å². The lowest BCUT2D eigenvalue weighted by Gasteiger charge is -2.38. The molecule has 102 valence electrons. The van der Waals surface area contributed by atoms with Gasteiger partial charge in [-0.15, -0.1) is 0 Å². The number of hydrogen-bond donors (Lipinski definition) is 1. The van der Waals surface area contributed by atoms with E-state index in [9.17, 15) is 0 Å². The van der Waals surface area contributed by atoms with Gasteiger partial charge in [-0.1, -0.05) is 13.8 Å². The number of rotatable bonds is 7. The van der Waals surface area contributed by atoms with Gasteiger partial charge < -0.3 is 10.5 Å². The van der Waals surface area contributed by atoms with E-state index in [1.165, 1.54) is 25.8 Å². The zero-order valence-corrected chi connectivity index (χ0v) is 11.8. The van der Waals surface area contributed by atoms with Gasteiger partial charge in [-0.2, -0.15) is 0 Å². The lowest BCUT2D eigenvalue weighted by atomic mass is 10.0. The zero-order chi connectivity index (χ0) is 12.7. The minimum absolute atomic E-state index is 0.402. The van der Waals surface area contributed by atoms with Gasteiger partial charge in [-0.25, -0.2) is 0 Å². The number of nitrogens with two attached hydrogens (primary N) is 1. The highest BCUT2D eigenvalue weighted by molar-refractivity contribution is 4.77. The van der Waals surface area contributed by atoms with Gasteiger partial charge in [-0.3, -0.25) is 4.90 Å². The Bertz CT molecular complexity index is 199. The molecule has 0 bridgehead atoms. The van der Waals surface area contributed by atoms with Gasteiger partial charge in [-0.05, 0) is 51.6 Å². The molecule has 1 heterocycles. The van der Waals surface area contributed by atoms with Crippen molar-refractivity contribution in [1.29, 1.82) is 0 Å². The summed E-state index contributed by atoms with van der Waals surface area (Å²) in [7, 11) is 0. The zero-order valence-electron chi connectivity index (χ0n) is 11.8. The molecule has 17 heavy (non-hydrogen) atoms. The van der Waals surface area contributed by atoms with Crippen molar-refractivity contribution in [3.8, 4) is 0 Å². The van der Waals surface area contributed by atoms with E-state index in [0.29, 0.717) is 12.1 Å². The van der Waals surface area contributed by atoms with Crippen molar-refractivity contribution < 1.29 is 4.74 Å². The van der Waals surface area contributed by atoms with Crippen LogP contribution in [0.3, 0.4) is 0 Å². The van der Waals surface area contributed by atoms with Gasteiger partial charge in [0.25, 0.3) is 0 Å². The Labute approximate surface area is 107 Å². The Morgan fingerprint density at radius 1 is 1.41 bits per heavy atom. The first kappa shape index (κ1) is 14.9. The molecule has 2 N–H and O–H groups in total. The van der Waals surface area contributed by atoms with Crippen molar-refractivity contribution in [3.63, 3.8) is 0 Å². The van der Waals surface area contributed by atoms with Gasteiger partial charge in [0.1, 0.15) is 0 Å². The number of ether oxygens (including phenoxy) is 1. The monoisotopic (exact) mass is 242 g/mol. The molecule has 1 aliphatic rings. The van der Waals surface area contributed by atoms with Gasteiger partial charge in [0.2, 0.25) is 0 Å². The molecule has 0 aromatic heterocycles. The summed E-state index contributed by atoms with van der Waals surface area (Å²) >= 11 is 0. The topological polar surface area (TPSA) is 38.5 Å². The second kappa shape index (κ2) is 8.06. The second-order valence-corrected chi connectivity index (χ2v) is 5.53. The maximum Gasteiger partial charge on any atom is 0.0674 e. The summed E-state index contributed by atoms with van der Waals surface area (Å²) in [6.07, 6.45) is 5.37. The van der Waals surface area contributed by atoms with Crippen LogP contribution < -0.4 is 5.73 Å². The van der Waals surface area contributed by atoms with Crippen LogP contribution in [0, 0.1) is 5.92 Å². The maximum atomic E-state index is 5.72. The average Bonchev–Trinajstić information content (AvgIpc) is 2.30. The highest BCUT2D eigenvalue weighted by atomic mass is 16.5. The van der Waals surface area contributed by atoms with Gasteiger partial charge in [0.05, 0.1) is 12.7 Å². The van der Waals surface area contributed by atoms with E-state index in [2.05, 4.69) is 25.7 Å². The smallest absolute Gasteiger partial charge is 0.0674 e. The molecule has 0 radical (unpaired) electrons. The molecule has 0 aromatic carbocycles. The summed E-state index contributed by atoms with van der Waals surface area (Å²) in [5.74, 6) is 0.776. The molecule has 1 fully saturated rings. The number of nitrogens with zero attached hydrogens (tertiary/aromatic N) is 1. The first-order valence-electron chi connectivity index (χ1n) is 7.23. The fraction of sp³-hybridized carbons (Fsp3) is 1.00. The molecule has 1 aliphatic heterocycles. The minimum atomic E-state index is 0.402. The van der Waals surface area contributed by atoms with Crippen molar-refractivity contribution >= 4 is 0 Å². The van der Waals surface area contributed by atoms with Crippen LogP contribution in [0.25, 0.3) is 0 Å². The maximum absolute atomic E-state index is 5.72. The van der Waals surface area contributed by atoms with Crippen molar-refractivity contribution in [2.24, 2.45) is 11.7 Å². The van der Waals surface area contributed by atoms with E-state index in [-0.39, 0.29) is 0 Å². The first-order valence-corrected chi connectivity index (χ1v) is 7.23. The van der Waals surface area contributed by atoms with Crippen LogP contribution in [0.4, 0.5) is 0 Å². The lowest BCUT2D eigenvalue weighted by molar-refractivity contribution is -0.0563. The molecule has 3 atom stereocenters. The van der Waals surface area contributed by atoms with E-state index < -0.39 is 0 Å². The Hall–Kier alpha value is -0.120. The summed E-state index contributed by atoms with van der Waals surface area (Å²) in [5.41, 5.74) is 5.58. The molecule has 3 unspecified atom stereocenters. The molecule has 0 saturated carbocycles. The van der Waals surface area contributed by atoms with Gasteiger partial charge in [0.15, 0.2) is 0 Å². The van der Waals surface area contributed by atoms with E-state index in [0.717, 1.165) is 32.0 Å². The van der Waals surface area contributed by atoms with E-state index in [1.54, 1.807) is 0 Å². The third kappa shape index (κ3) is 5.36. The highest BCUT2D eigenvalue weighted by Crippen LogP contribution is 2.17. The van der Waals surface area contributed by atoms with Crippen molar-refractivity contribution in [2.45, 2.75) is 58.6 Å². The molecular weight excluding hydrogens is 212 g/mol. The fourth-order valence-electron chi connectivity index (χ4n) is 2.63. The molecule has 0 aliphatic carbocycles. The van der Waals surface area contributed by atoms with Gasteiger partial charge >= 0.3 is 0 Å². The van der Waals surface area contributed by atoms with Crippen LogP contribution in [0.5, 0.6) is 0 Å². The summed E-state index contributed by atoms with van der Waals surface area (Å²) in [5, 5.41) is 0. The molecule has 1 saturated heterocycles.